The van der Waals surface area contributed by atoms with E-state index in [2.05, 4.69) is 20.9 Å². The summed E-state index contributed by atoms with van der Waals surface area (Å²) < 4.78 is 38.9. The molecule has 0 unspecified atom stereocenters. The lowest BCUT2D eigenvalue weighted by molar-refractivity contribution is -0.121. The number of nitrogens with zero attached hydrogens (tertiary/aromatic N) is 3. The van der Waals surface area contributed by atoms with E-state index in [1.165, 1.54) is 29.0 Å². The van der Waals surface area contributed by atoms with Crippen LogP contribution in [-0.4, -0.2) is 37.6 Å². The van der Waals surface area contributed by atoms with Crippen LogP contribution < -0.4 is 14.4 Å². The first-order chi connectivity index (χ1) is 15.0. The normalized spacial score (nSPS) is 16.6. The zero-order chi connectivity index (χ0) is 21.8. The van der Waals surface area contributed by atoms with Crippen LogP contribution >= 0.6 is 0 Å². The maximum atomic E-state index is 12.8. The van der Waals surface area contributed by atoms with Crippen molar-refractivity contribution in [3.8, 4) is 5.75 Å². The van der Waals surface area contributed by atoms with Crippen molar-refractivity contribution in [3.63, 3.8) is 0 Å². The Hall–Kier alpha value is -2.72. The summed E-state index contributed by atoms with van der Waals surface area (Å²) >= 11 is 0. The number of amides is 1. The largest absolute Gasteiger partial charge is 0.482 e. The van der Waals surface area contributed by atoms with Crippen LogP contribution in [0.2, 0.25) is 0 Å². The monoisotopic (exact) mass is 446 g/mol. The fourth-order valence-electron chi connectivity index (χ4n) is 3.72. The van der Waals surface area contributed by atoms with Crippen molar-refractivity contribution < 1.29 is 22.5 Å². The van der Waals surface area contributed by atoms with E-state index in [1.807, 2.05) is 6.92 Å². The molecule has 1 aromatic carbocycles. The van der Waals surface area contributed by atoms with Gasteiger partial charge < -0.3 is 9.26 Å². The van der Waals surface area contributed by atoms with E-state index >= 15 is 0 Å². The second-order valence-corrected chi connectivity index (χ2v) is 9.38. The average molecular weight is 447 g/mol. The molecule has 0 radical (unpaired) electrons. The van der Waals surface area contributed by atoms with Crippen molar-refractivity contribution in [2.45, 2.75) is 56.9 Å². The number of carbonyl (C=O) groups is 1. The third-order valence-corrected chi connectivity index (χ3v) is 6.88. The number of aryl methyl sites for hydroxylation is 1. The molecule has 1 amide bonds. The Morgan fingerprint density at radius 2 is 2.13 bits per heavy atom. The molecule has 4 rings (SSSR count). The molecule has 166 valence electrons. The van der Waals surface area contributed by atoms with Crippen molar-refractivity contribution in [1.82, 2.24) is 14.9 Å². The first-order valence-electron chi connectivity index (χ1n) is 10.5. The van der Waals surface area contributed by atoms with Crippen LogP contribution in [0.3, 0.4) is 0 Å². The maximum Gasteiger partial charge on any atom is 0.265 e. The van der Waals surface area contributed by atoms with Crippen molar-refractivity contribution in [3.05, 3.63) is 41.6 Å². The van der Waals surface area contributed by atoms with Gasteiger partial charge in [-0.15, -0.1) is 0 Å². The lowest BCUT2D eigenvalue weighted by Crippen LogP contribution is -2.38. The fourth-order valence-corrected chi connectivity index (χ4v) is 4.77. The summed E-state index contributed by atoms with van der Waals surface area (Å²) in [6.07, 6.45) is 7.96. The van der Waals surface area contributed by atoms with E-state index in [0.29, 0.717) is 42.5 Å². The minimum atomic E-state index is -3.73. The zero-order valence-electron chi connectivity index (χ0n) is 17.5. The number of fused-ring (bicyclic) bond motifs is 1. The van der Waals surface area contributed by atoms with Gasteiger partial charge in [0.1, 0.15) is 5.75 Å². The van der Waals surface area contributed by atoms with Crippen LogP contribution in [0.5, 0.6) is 5.75 Å². The molecule has 0 bridgehead atoms. The minimum Gasteiger partial charge on any atom is -0.482 e. The predicted molar refractivity (Wildman–Crippen MR) is 113 cm³/mol. The summed E-state index contributed by atoms with van der Waals surface area (Å²) in [7, 11) is -3.73. The highest BCUT2D eigenvalue weighted by Gasteiger charge is 2.29. The zero-order valence-corrected chi connectivity index (χ0v) is 18.3. The molecule has 0 saturated carbocycles. The summed E-state index contributed by atoms with van der Waals surface area (Å²) in [5, 5.41) is 3.89. The number of hydrogen-bond acceptors (Lipinski definition) is 7. The highest BCUT2D eigenvalue weighted by atomic mass is 32.2. The van der Waals surface area contributed by atoms with Crippen molar-refractivity contribution >= 4 is 21.6 Å². The van der Waals surface area contributed by atoms with Gasteiger partial charge in [0, 0.05) is 13.0 Å². The molecule has 0 atom stereocenters. The van der Waals surface area contributed by atoms with Gasteiger partial charge in [0.25, 0.3) is 5.91 Å². The topological polar surface area (TPSA) is 115 Å². The van der Waals surface area contributed by atoms with E-state index in [-0.39, 0.29) is 24.0 Å². The lowest BCUT2D eigenvalue weighted by Gasteiger charge is -2.28. The summed E-state index contributed by atoms with van der Waals surface area (Å²) in [5.41, 5.74) is 1.67. The number of rotatable bonds is 8. The summed E-state index contributed by atoms with van der Waals surface area (Å²) in [6, 6.07) is 4.51. The van der Waals surface area contributed by atoms with E-state index in [0.717, 1.165) is 19.3 Å². The third kappa shape index (κ3) is 4.96. The SMILES string of the molecule is CCc1nc(CN2C(=O)COc3ccc(S(=O)(=O)NCCC4=CCCCC4)cc32)no1. The first kappa shape index (κ1) is 21.5. The molecule has 1 aromatic heterocycles. The van der Waals surface area contributed by atoms with Crippen LogP contribution in [0, 0.1) is 0 Å². The quantitative estimate of drug-likeness (QED) is 0.620. The first-order valence-corrected chi connectivity index (χ1v) is 12.0. The molecular weight excluding hydrogens is 420 g/mol. The molecule has 0 spiro atoms. The highest BCUT2D eigenvalue weighted by Crippen LogP contribution is 2.35. The third-order valence-electron chi connectivity index (χ3n) is 5.42. The van der Waals surface area contributed by atoms with Gasteiger partial charge >= 0.3 is 0 Å². The van der Waals surface area contributed by atoms with Gasteiger partial charge in [-0.05, 0) is 50.3 Å². The van der Waals surface area contributed by atoms with Gasteiger partial charge in [0.2, 0.25) is 15.9 Å². The Kier molecular flexibility index (Phi) is 6.38. The van der Waals surface area contributed by atoms with Crippen molar-refractivity contribution in [2.75, 3.05) is 18.1 Å². The predicted octanol–water partition coefficient (Wildman–Crippen LogP) is 2.73. The number of ether oxygens (including phenoxy) is 1. The number of allylic oxidation sites excluding steroid dienone is 1. The van der Waals surface area contributed by atoms with Gasteiger partial charge in [-0.1, -0.05) is 23.7 Å². The van der Waals surface area contributed by atoms with Crippen molar-refractivity contribution in [2.24, 2.45) is 0 Å². The van der Waals surface area contributed by atoms with Gasteiger partial charge in [-0.3, -0.25) is 9.69 Å². The molecule has 2 heterocycles. The minimum absolute atomic E-state index is 0.0732. The Labute approximate surface area is 181 Å². The average Bonchev–Trinajstić information content (AvgIpc) is 3.24. The van der Waals surface area contributed by atoms with Crippen LogP contribution in [0.25, 0.3) is 0 Å². The van der Waals surface area contributed by atoms with Crippen LogP contribution in [0.1, 0.15) is 50.7 Å². The van der Waals surface area contributed by atoms with Crippen LogP contribution in [0.4, 0.5) is 5.69 Å². The summed E-state index contributed by atoms with van der Waals surface area (Å²) in [5.74, 6) is 0.960. The van der Waals surface area contributed by atoms with Gasteiger partial charge in [0.05, 0.1) is 17.1 Å². The fraction of sp³-hybridized carbons (Fsp3) is 0.476. The molecular formula is C21H26N4O5S. The Morgan fingerprint density at radius 1 is 1.26 bits per heavy atom. The number of carbonyl (C=O) groups excluding carboxylic acids is 1. The summed E-state index contributed by atoms with van der Waals surface area (Å²) in [6.45, 7) is 2.17. The Bertz CT molecular complexity index is 1090. The number of aromatic nitrogens is 2. The second kappa shape index (κ2) is 9.19. The second-order valence-electron chi connectivity index (χ2n) is 7.61. The Morgan fingerprint density at radius 3 is 2.87 bits per heavy atom. The van der Waals surface area contributed by atoms with Crippen LogP contribution in [0.15, 0.2) is 39.3 Å². The maximum absolute atomic E-state index is 12.8. The number of nitrogens with one attached hydrogen (secondary N) is 1. The number of anilines is 1. The number of hydrogen-bond donors (Lipinski definition) is 1. The molecule has 0 saturated heterocycles. The Balaban J connectivity index is 1.51. The number of benzene rings is 1. The smallest absolute Gasteiger partial charge is 0.265 e. The van der Waals surface area contributed by atoms with E-state index in [9.17, 15) is 13.2 Å². The molecule has 9 nitrogen and oxygen atoms in total. The van der Waals surface area contributed by atoms with Gasteiger partial charge in [-0.2, -0.15) is 4.98 Å². The van der Waals surface area contributed by atoms with E-state index in [4.69, 9.17) is 9.26 Å². The van der Waals surface area contributed by atoms with Gasteiger partial charge in [0.15, 0.2) is 12.4 Å². The van der Waals surface area contributed by atoms with E-state index < -0.39 is 10.0 Å². The summed E-state index contributed by atoms with van der Waals surface area (Å²) in [4.78, 5) is 18.2. The molecule has 2 aromatic rings. The van der Waals surface area contributed by atoms with Crippen LogP contribution in [-0.2, 0) is 27.8 Å². The lowest BCUT2D eigenvalue weighted by atomic mass is 9.97. The van der Waals surface area contributed by atoms with Gasteiger partial charge in [-0.25, -0.2) is 13.1 Å². The molecule has 31 heavy (non-hydrogen) atoms. The molecule has 2 aliphatic rings. The number of sulfonamides is 1. The molecule has 1 N–H and O–H groups in total. The molecule has 1 aliphatic carbocycles. The van der Waals surface area contributed by atoms with Crippen molar-refractivity contribution in [1.29, 1.82) is 0 Å². The van der Waals surface area contributed by atoms with E-state index in [1.54, 1.807) is 6.07 Å². The standard InChI is InChI=1S/C21H26N4O5S/c1-2-20-23-19(24-30-20)13-25-17-12-16(8-9-18(17)29-14-21(25)26)31(27,28)22-11-10-15-6-4-3-5-7-15/h6,8-9,12,22H,2-5,7,10-11,13-14H2,1H3. The molecule has 10 heteroatoms. The molecule has 0 fully saturated rings. The highest BCUT2D eigenvalue weighted by molar-refractivity contribution is 7.89. The molecule has 1 aliphatic heterocycles.